The molecule has 7 heteroatoms. The number of thiocarbonyl (C=S) groups is 1. The van der Waals surface area contributed by atoms with E-state index in [0.717, 1.165) is 17.9 Å². The fraction of sp³-hybridized carbons (Fsp3) is 0.250. The third kappa shape index (κ3) is 6.07. The van der Waals surface area contributed by atoms with Crippen LogP contribution in [-0.2, 0) is 4.79 Å². The molecule has 0 saturated heterocycles. The summed E-state index contributed by atoms with van der Waals surface area (Å²) in [5.41, 5.74) is 1.88. The van der Waals surface area contributed by atoms with E-state index in [1.54, 1.807) is 49.5 Å². The summed E-state index contributed by atoms with van der Waals surface area (Å²) in [6.45, 7) is 4.16. The van der Waals surface area contributed by atoms with Crippen LogP contribution in [0.5, 0.6) is 5.75 Å². The molecule has 0 aliphatic rings. The zero-order valence-corrected chi connectivity index (χ0v) is 16.4. The Bertz CT molecular complexity index is 821. The fourth-order valence-electron chi connectivity index (χ4n) is 2.23. The third-order valence-corrected chi connectivity index (χ3v) is 3.98. The van der Waals surface area contributed by atoms with Gasteiger partial charge in [-0.2, -0.15) is 0 Å². The quantitative estimate of drug-likeness (QED) is 0.744. The summed E-state index contributed by atoms with van der Waals surface area (Å²) in [7, 11) is 1.69. The number of carbonyl (C=O) groups is 2. The first-order valence-corrected chi connectivity index (χ1v) is 9.01. The van der Waals surface area contributed by atoms with E-state index in [-0.39, 0.29) is 16.9 Å². The van der Waals surface area contributed by atoms with Gasteiger partial charge in [-0.15, -0.1) is 0 Å². The number of amides is 2. The highest BCUT2D eigenvalue weighted by Gasteiger charge is 2.10. The smallest absolute Gasteiger partial charge is 0.257 e. The Kier molecular flexibility index (Phi) is 7.31. The lowest BCUT2D eigenvalue weighted by Crippen LogP contribution is -2.34. The maximum atomic E-state index is 12.3. The van der Waals surface area contributed by atoms with Crippen LogP contribution in [0.3, 0.4) is 0 Å². The van der Waals surface area contributed by atoms with E-state index < -0.39 is 0 Å². The Morgan fingerprint density at radius 2 is 1.85 bits per heavy atom. The zero-order valence-electron chi connectivity index (χ0n) is 15.6. The third-order valence-electron chi connectivity index (χ3n) is 3.78. The van der Waals surface area contributed by atoms with E-state index in [9.17, 15) is 9.59 Å². The molecule has 0 spiro atoms. The van der Waals surface area contributed by atoms with Gasteiger partial charge in [0.15, 0.2) is 5.11 Å². The summed E-state index contributed by atoms with van der Waals surface area (Å²) < 4.78 is 5.50. The summed E-state index contributed by atoms with van der Waals surface area (Å²) >= 11 is 5.21. The Morgan fingerprint density at radius 3 is 2.48 bits per heavy atom. The van der Waals surface area contributed by atoms with Crippen LogP contribution in [0.1, 0.15) is 30.6 Å². The van der Waals surface area contributed by atoms with Gasteiger partial charge in [0.05, 0.1) is 6.61 Å². The molecule has 0 aromatic heterocycles. The minimum Gasteiger partial charge on any atom is -0.494 e. The molecule has 2 rings (SSSR count). The Balaban J connectivity index is 1.96. The molecule has 27 heavy (non-hydrogen) atoms. The van der Waals surface area contributed by atoms with E-state index >= 15 is 0 Å². The molecule has 0 heterocycles. The van der Waals surface area contributed by atoms with Crippen molar-refractivity contribution in [2.45, 2.75) is 20.3 Å². The molecule has 0 bridgehead atoms. The average molecular weight is 385 g/mol. The molecule has 142 valence electrons. The molecule has 0 unspecified atom stereocenters. The zero-order chi connectivity index (χ0) is 19.8. The summed E-state index contributed by atoms with van der Waals surface area (Å²) in [5.74, 6) is 0.335. The second-order valence-electron chi connectivity index (χ2n) is 5.91. The molecular formula is C20H23N3O3S. The van der Waals surface area contributed by atoms with Crippen LogP contribution in [0, 0.1) is 0 Å². The number of hydrogen-bond acceptors (Lipinski definition) is 4. The second kappa shape index (κ2) is 9.68. The predicted molar refractivity (Wildman–Crippen MR) is 111 cm³/mol. The van der Waals surface area contributed by atoms with E-state index in [1.807, 2.05) is 13.0 Å². The number of rotatable bonds is 6. The molecule has 6 nitrogen and oxygen atoms in total. The van der Waals surface area contributed by atoms with Gasteiger partial charge in [-0.3, -0.25) is 14.9 Å². The first kappa shape index (κ1) is 20.4. The van der Waals surface area contributed by atoms with Gasteiger partial charge in [-0.05, 0) is 61.1 Å². The summed E-state index contributed by atoms with van der Waals surface area (Å²) in [6.07, 6.45) is 0.922. The van der Waals surface area contributed by atoms with Crippen molar-refractivity contribution in [1.82, 2.24) is 5.32 Å². The van der Waals surface area contributed by atoms with Crippen LogP contribution in [0.2, 0.25) is 0 Å². The predicted octanol–water partition coefficient (Wildman–Crippen LogP) is 3.58. The molecule has 0 saturated carbocycles. The number of nitrogens with one attached hydrogen (secondary N) is 2. The van der Waals surface area contributed by atoms with Crippen molar-refractivity contribution in [1.29, 1.82) is 0 Å². The van der Waals surface area contributed by atoms with E-state index in [2.05, 4.69) is 10.6 Å². The monoisotopic (exact) mass is 385 g/mol. The van der Waals surface area contributed by atoms with Crippen molar-refractivity contribution in [3.63, 3.8) is 0 Å². The van der Waals surface area contributed by atoms with Crippen molar-refractivity contribution in [3.05, 3.63) is 54.1 Å². The number of anilines is 2. The largest absolute Gasteiger partial charge is 0.494 e. The van der Waals surface area contributed by atoms with E-state index in [1.165, 1.54) is 11.8 Å². The normalized spacial score (nSPS) is 10.0. The number of carbonyl (C=O) groups excluding carboxylic acids is 2. The average Bonchev–Trinajstić information content (AvgIpc) is 2.66. The standard InChI is InChI=1S/C20H23N3O3S/c1-4-12-26-18-10-8-15(9-11-18)19(25)22-20(27)21-16-6-5-7-17(13-16)23(3)14(2)24/h5-11,13H,4,12H2,1-3H3,(H2,21,22,25,27). The van der Waals surface area contributed by atoms with Crippen LogP contribution >= 0.6 is 12.2 Å². The van der Waals surface area contributed by atoms with E-state index in [4.69, 9.17) is 17.0 Å². The Labute approximate surface area is 164 Å². The molecular weight excluding hydrogens is 362 g/mol. The highest BCUT2D eigenvalue weighted by atomic mass is 32.1. The molecule has 2 aromatic rings. The van der Waals surface area contributed by atoms with E-state index in [0.29, 0.717) is 17.9 Å². The van der Waals surface area contributed by atoms with Crippen LogP contribution in [0.4, 0.5) is 11.4 Å². The van der Waals surface area contributed by atoms with Crippen LogP contribution < -0.4 is 20.3 Å². The van der Waals surface area contributed by atoms with Gasteiger partial charge in [0.25, 0.3) is 5.91 Å². The van der Waals surface area contributed by atoms with Crippen LogP contribution in [-0.4, -0.2) is 30.6 Å². The van der Waals surface area contributed by atoms with Gasteiger partial charge in [-0.25, -0.2) is 0 Å². The summed E-state index contributed by atoms with van der Waals surface area (Å²) in [5, 5.41) is 5.77. The van der Waals surface area contributed by atoms with Gasteiger partial charge in [-0.1, -0.05) is 13.0 Å². The van der Waals surface area contributed by atoms with Crippen molar-refractivity contribution < 1.29 is 14.3 Å². The van der Waals surface area contributed by atoms with Gasteiger partial charge < -0.3 is 15.0 Å². The van der Waals surface area contributed by atoms with Gasteiger partial charge in [0.1, 0.15) is 5.75 Å². The molecule has 0 fully saturated rings. The van der Waals surface area contributed by atoms with Crippen LogP contribution in [0.15, 0.2) is 48.5 Å². The number of ether oxygens (including phenoxy) is 1. The second-order valence-corrected chi connectivity index (χ2v) is 6.32. The molecule has 2 N–H and O–H groups in total. The SMILES string of the molecule is CCCOc1ccc(C(=O)NC(=S)Nc2cccc(N(C)C(C)=O)c2)cc1. The lowest BCUT2D eigenvalue weighted by atomic mass is 10.2. The minimum absolute atomic E-state index is 0.0746. The molecule has 0 atom stereocenters. The van der Waals surface area contributed by atoms with Crippen molar-refractivity contribution in [2.24, 2.45) is 0 Å². The maximum absolute atomic E-state index is 12.3. The maximum Gasteiger partial charge on any atom is 0.257 e. The molecule has 0 aliphatic heterocycles. The first-order valence-electron chi connectivity index (χ1n) is 8.60. The van der Waals surface area contributed by atoms with Gasteiger partial charge >= 0.3 is 0 Å². The van der Waals surface area contributed by atoms with Crippen LogP contribution in [0.25, 0.3) is 0 Å². The summed E-state index contributed by atoms with van der Waals surface area (Å²) in [6, 6.07) is 14.1. The van der Waals surface area contributed by atoms with Gasteiger partial charge in [0, 0.05) is 30.9 Å². The Morgan fingerprint density at radius 1 is 1.15 bits per heavy atom. The fourth-order valence-corrected chi connectivity index (χ4v) is 2.44. The van der Waals surface area contributed by atoms with Crippen molar-refractivity contribution in [3.8, 4) is 5.75 Å². The number of hydrogen-bond donors (Lipinski definition) is 2. The minimum atomic E-state index is -0.313. The first-order chi connectivity index (χ1) is 12.9. The molecule has 2 amide bonds. The molecule has 0 aliphatic carbocycles. The van der Waals surface area contributed by atoms with Crippen molar-refractivity contribution in [2.75, 3.05) is 23.9 Å². The highest BCUT2D eigenvalue weighted by Crippen LogP contribution is 2.18. The molecule has 2 aromatic carbocycles. The molecule has 0 radical (unpaired) electrons. The summed E-state index contributed by atoms with van der Waals surface area (Å²) in [4.78, 5) is 25.3. The number of benzene rings is 2. The lowest BCUT2D eigenvalue weighted by Gasteiger charge is -2.16. The van der Waals surface area contributed by atoms with Gasteiger partial charge in [0.2, 0.25) is 5.91 Å². The Hall–Kier alpha value is -2.93. The highest BCUT2D eigenvalue weighted by molar-refractivity contribution is 7.80. The number of nitrogens with zero attached hydrogens (tertiary/aromatic N) is 1. The van der Waals surface area contributed by atoms with Crippen molar-refractivity contribution >= 4 is 40.5 Å². The topological polar surface area (TPSA) is 70.7 Å². The lowest BCUT2D eigenvalue weighted by molar-refractivity contribution is -0.116.